The maximum Gasteiger partial charge on any atom is 0.210 e. The summed E-state index contributed by atoms with van der Waals surface area (Å²) in [6.07, 6.45) is 7.15. The van der Waals surface area contributed by atoms with E-state index in [2.05, 4.69) is 26.6 Å². The van der Waals surface area contributed by atoms with Gasteiger partial charge in [-0.25, -0.2) is 9.37 Å². The van der Waals surface area contributed by atoms with Crippen LogP contribution < -0.4 is 10.1 Å². The monoisotopic (exact) mass is 381 g/mol. The largest absolute Gasteiger partial charge is 0.493 e. The highest BCUT2D eigenvalue weighted by Gasteiger charge is 2.21. The van der Waals surface area contributed by atoms with Crippen LogP contribution in [0.3, 0.4) is 0 Å². The average Bonchev–Trinajstić information content (AvgIpc) is 3.36. The number of aromatic nitrogens is 4. The minimum atomic E-state index is -0.241. The van der Waals surface area contributed by atoms with E-state index in [0.29, 0.717) is 37.7 Å². The molecule has 0 bridgehead atoms. The van der Waals surface area contributed by atoms with Crippen molar-refractivity contribution in [3.63, 3.8) is 0 Å². The van der Waals surface area contributed by atoms with Gasteiger partial charge in [0, 0.05) is 35.9 Å². The maximum atomic E-state index is 14.4. The number of hydrogen-bond acceptors (Lipinski definition) is 6. The fourth-order valence-electron chi connectivity index (χ4n) is 3.84. The Morgan fingerprint density at radius 1 is 1.36 bits per heavy atom. The van der Waals surface area contributed by atoms with Crippen LogP contribution in [0.1, 0.15) is 30.0 Å². The van der Waals surface area contributed by atoms with Crippen LogP contribution in [0.2, 0.25) is 0 Å². The van der Waals surface area contributed by atoms with E-state index < -0.39 is 0 Å². The van der Waals surface area contributed by atoms with Crippen molar-refractivity contribution in [2.75, 3.05) is 18.5 Å². The molecular weight excluding hydrogens is 361 g/mol. The Kier molecular flexibility index (Phi) is 4.20. The third-order valence-electron chi connectivity index (χ3n) is 5.26. The molecule has 0 aliphatic carbocycles. The zero-order chi connectivity index (χ0) is 19.1. The molecule has 8 heteroatoms. The first kappa shape index (κ1) is 17.1. The first-order chi connectivity index (χ1) is 13.7. The van der Waals surface area contributed by atoms with Crippen molar-refractivity contribution in [2.45, 2.75) is 32.4 Å². The number of nitrogens with zero attached hydrogens (tertiary/aromatic N) is 4. The van der Waals surface area contributed by atoms with Crippen LogP contribution >= 0.6 is 0 Å². The standard InChI is InChI=1S/C20H20FN5O2/c1-12-8-13(4-6-27-12)15-9-22-20(26-11-24-25-19(15)26)23-10-16-14-5-7-28-18(14)3-2-17(16)21/h2-4,9,11-12H,5-8,10H2,1H3,(H,22,23). The summed E-state index contributed by atoms with van der Waals surface area (Å²) in [5, 5.41) is 11.5. The van der Waals surface area contributed by atoms with E-state index in [0.717, 1.165) is 34.5 Å². The van der Waals surface area contributed by atoms with Crippen molar-refractivity contribution in [2.24, 2.45) is 0 Å². The number of ether oxygens (including phenoxy) is 2. The van der Waals surface area contributed by atoms with E-state index in [4.69, 9.17) is 9.47 Å². The summed E-state index contributed by atoms with van der Waals surface area (Å²) >= 11 is 0. The molecule has 0 spiro atoms. The Morgan fingerprint density at radius 2 is 2.29 bits per heavy atom. The molecule has 1 atom stereocenters. The zero-order valence-corrected chi connectivity index (χ0v) is 15.5. The van der Waals surface area contributed by atoms with Crippen molar-refractivity contribution >= 4 is 17.2 Å². The summed E-state index contributed by atoms with van der Waals surface area (Å²) in [4.78, 5) is 4.55. The second-order valence-electron chi connectivity index (χ2n) is 7.05. The van der Waals surface area contributed by atoms with Gasteiger partial charge in [0.15, 0.2) is 5.65 Å². The van der Waals surface area contributed by atoms with Crippen molar-refractivity contribution < 1.29 is 13.9 Å². The first-order valence-electron chi connectivity index (χ1n) is 9.37. The van der Waals surface area contributed by atoms with Gasteiger partial charge < -0.3 is 14.8 Å². The lowest BCUT2D eigenvalue weighted by Crippen LogP contribution is -2.15. The first-order valence-corrected chi connectivity index (χ1v) is 9.37. The molecule has 0 saturated carbocycles. The number of fused-ring (bicyclic) bond motifs is 2. The van der Waals surface area contributed by atoms with E-state index >= 15 is 0 Å². The molecule has 1 unspecified atom stereocenters. The Hall–Kier alpha value is -3.00. The molecule has 2 aromatic heterocycles. The summed E-state index contributed by atoms with van der Waals surface area (Å²) in [5.74, 6) is 1.09. The summed E-state index contributed by atoms with van der Waals surface area (Å²) in [7, 11) is 0. The number of halogens is 1. The minimum absolute atomic E-state index is 0.158. The zero-order valence-electron chi connectivity index (χ0n) is 15.5. The van der Waals surface area contributed by atoms with Crippen LogP contribution in [-0.4, -0.2) is 38.9 Å². The van der Waals surface area contributed by atoms with Crippen LogP contribution in [0.5, 0.6) is 5.75 Å². The lowest BCUT2D eigenvalue weighted by Gasteiger charge is -2.20. The Labute approximate surface area is 161 Å². The van der Waals surface area contributed by atoms with Gasteiger partial charge in [-0.15, -0.1) is 10.2 Å². The number of hydrogen-bond donors (Lipinski definition) is 1. The van der Waals surface area contributed by atoms with Gasteiger partial charge in [0.2, 0.25) is 5.95 Å². The smallest absolute Gasteiger partial charge is 0.210 e. The lowest BCUT2D eigenvalue weighted by molar-refractivity contribution is 0.0851. The Morgan fingerprint density at radius 3 is 3.18 bits per heavy atom. The molecule has 0 amide bonds. The highest BCUT2D eigenvalue weighted by molar-refractivity contribution is 5.76. The summed E-state index contributed by atoms with van der Waals surface area (Å²) in [6.45, 7) is 3.53. The summed E-state index contributed by atoms with van der Waals surface area (Å²) in [5.41, 5.74) is 4.35. The highest BCUT2D eigenvalue weighted by atomic mass is 19.1. The van der Waals surface area contributed by atoms with Gasteiger partial charge >= 0.3 is 0 Å². The van der Waals surface area contributed by atoms with Crippen LogP contribution in [0.15, 0.2) is 30.7 Å². The van der Waals surface area contributed by atoms with Crippen LogP contribution in [-0.2, 0) is 17.7 Å². The van der Waals surface area contributed by atoms with Crippen molar-refractivity contribution in [3.05, 3.63) is 53.2 Å². The molecule has 5 rings (SSSR count). The normalized spacial score (nSPS) is 18.6. The Balaban J connectivity index is 1.46. The van der Waals surface area contributed by atoms with Crippen LogP contribution in [0, 0.1) is 5.82 Å². The molecular formula is C20H20FN5O2. The number of nitrogens with one attached hydrogen (secondary N) is 1. The van der Waals surface area contributed by atoms with Gasteiger partial charge in [-0.2, -0.15) is 0 Å². The number of benzene rings is 1. The van der Waals surface area contributed by atoms with E-state index in [9.17, 15) is 4.39 Å². The molecule has 1 N–H and O–H groups in total. The van der Waals surface area contributed by atoms with Gasteiger partial charge in [0.1, 0.15) is 17.9 Å². The second kappa shape index (κ2) is 6.87. The van der Waals surface area contributed by atoms with Gasteiger partial charge in [-0.1, -0.05) is 6.08 Å². The van der Waals surface area contributed by atoms with E-state index in [1.807, 2.05) is 6.92 Å². The van der Waals surface area contributed by atoms with Crippen LogP contribution in [0.25, 0.3) is 11.2 Å². The van der Waals surface area contributed by atoms with E-state index in [1.165, 1.54) is 6.07 Å². The third-order valence-corrected chi connectivity index (χ3v) is 5.26. The number of rotatable bonds is 4. The predicted octanol–water partition coefficient (Wildman–Crippen LogP) is 3.00. The van der Waals surface area contributed by atoms with Crippen molar-refractivity contribution in [1.29, 1.82) is 0 Å². The fraction of sp³-hybridized carbons (Fsp3) is 0.350. The molecule has 144 valence electrons. The van der Waals surface area contributed by atoms with Gasteiger partial charge in [-0.3, -0.25) is 4.40 Å². The van der Waals surface area contributed by atoms with Crippen molar-refractivity contribution in [3.8, 4) is 5.75 Å². The molecule has 28 heavy (non-hydrogen) atoms. The SMILES string of the molecule is CC1CC(c2cnc(NCc3c(F)ccc4c3CCO4)n3cnnc23)=CCO1. The third kappa shape index (κ3) is 2.90. The van der Waals surface area contributed by atoms with E-state index in [-0.39, 0.29) is 11.9 Å². The molecule has 1 aromatic carbocycles. The van der Waals surface area contributed by atoms with Crippen LogP contribution in [0.4, 0.5) is 10.3 Å². The quantitative estimate of drug-likeness (QED) is 0.749. The molecule has 2 aliphatic heterocycles. The maximum absolute atomic E-state index is 14.4. The lowest BCUT2D eigenvalue weighted by atomic mass is 10.0. The van der Waals surface area contributed by atoms with Crippen molar-refractivity contribution in [1.82, 2.24) is 19.6 Å². The molecule has 0 radical (unpaired) electrons. The van der Waals surface area contributed by atoms with E-state index in [1.54, 1.807) is 23.0 Å². The summed E-state index contributed by atoms with van der Waals surface area (Å²) in [6, 6.07) is 3.14. The summed E-state index contributed by atoms with van der Waals surface area (Å²) < 4.78 is 27.3. The Bertz CT molecular complexity index is 1080. The molecule has 0 saturated heterocycles. The average molecular weight is 381 g/mol. The highest BCUT2D eigenvalue weighted by Crippen LogP contribution is 2.31. The molecule has 4 heterocycles. The predicted molar refractivity (Wildman–Crippen MR) is 102 cm³/mol. The van der Waals surface area contributed by atoms with Gasteiger partial charge in [0.25, 0.3) is 0 Å². The van der Waals surface area contributed by atoms with Gasteiger partial charge in [-0.05, 0) is 31.1 Å². The topological polar surface area (TPSA) is 73.6 Å². The fourth-order valence-corrected chi connectivity index (χ4v) is 3.84. The molecule has 7 nitrogen and oxygen atoms in total. The molecule has 3 aromatic rings. The second-order valence-corrected chi connectivity index (χ2v) is 7.05. The molecule has 2 aliphatic rings. The number of anilines is 1. The molecule has 0 fully saturated rings. The van der Waals surface area contributed by atoms with Gasteiger partial charge in [0.05, 0.1) is 19.3 Å². The minimum Gasteiger partial charge on any atom is -0.493 e.